The van der Waals surface area contributed by atoms with Gasteiger partial charge in [0.25, 0.3) is 0 Å². The summed E-state index contributed by atoms with van der Waals surface area (Å²) in [5, 5.41) is 5.83. The fraction of sp³-hybridized carbons (Fsp3) is 0.270. The molecule has 0 unspecified atom stereocenters. The van der Waals surface area contributed by atoms with Gasteiger partial charge in [0, 0.05) is 61.3 Å². The Bertz CT molecular complexity index is 3960. The quantitative estimate of drug-likeness (QED) is 0.0734. The summed E-state index contributed by atoms with van der Waals surface area (Å²) in [5.74, 6) is 2.36. The van der Waals surface area contributed by atoms with Crippen molar-refractivity contribution < 1.29 is 31.3 Å². The molecular formula is C74H73N4OPtSi-3. The van der Waals surface area contributed by atoms with Crippen molar-refractivity contribution in [1.29, 1.82) is 0 Å². The molecule has 2 aromatic heterocycles. The van der Waals surface area contributed by atoms with Gasteiger partial charge < -0.3 is 19.1 Å². The molecule has 412 valence electrons. The largest absolute Gasteiger partial charge is 0.509 e. The summed E-state index contributed by atoms with van der Waals surface area (Å²) in [6, 6.07) is 66.1. The molecule has 10 aromatic rings. The van der Waals surface area contributed by atoms with E-state index >= 15 is 0 Å². The van der Waals surface area contributed by atoms with Gasteiger partial charge in [-0.1, -0.05) is 219 Å². The zero-order valence-electron chi connectivity index (χ0n) is 51.5. The van der Waals surface area contributed by atoms with Crippen molar-refractivity contribution in [2.45, 2.75) is 128 Å². The Morgan fingerprint density at radius 3 is 1.65 bits per heavy atom. The van der Waals surface area contributed by atoms with Gasteiger partial charge in [0.15, 0.2) is 8.07 Å². The zero-order valence-corrected chi connectivity index (χ0v) is 50.8. The van der Waals surface area contributed by atoms with E-state index in [1.807, 2.05) is 28.8 Å². The average Bonchev–Trinajstić information content (AvgIpc) is 3.63. The van der Waals surface area contributed by atoms with Gasteiger partial charge in [-0.3, -0.25) is 0 Å². The predicted octanol–water partition coefficient (Wildman–Crippen LogP) is 17.0. The second-order valence-corrected chi connectivity index (χ2v) is 28.4. The van der Waals surface area contributed by atoms with Crippen LogP contribution in [0.2, 0.25) is 0 Å². The Morgan fingerprint density at radius 1 is 0.543 bits per heavy atom. The number of anilines is 4. The molecule has 2 fully saturated rings. The number of benzene rings is 8. The van der Waals surface area contributed by atoms with Crippen molar-refractivity contribution in [3.8, 4) is 17.3 Å². The maximum absolute atomic E-state index is 9.34. The van der Waals surface area contributed by atoms with E-state index in [2.05, 4.69) is 210 Å². The minimum atomic E-state index is -3.21. The monoisotopic (exact) mass is 1260 g/mol. The first-order chi connectivity index (χ1) is 40.6. The molecule has 0 amide bonds. The predicted molar refractivity (Wildman–Crippen MR) is 337 cm³/mol. The second kappa shape index (κ2) is 22.4. The van der Waals surface area contributed by atoms with Gasteiger partial charge in [0.2, 0.25) is 0 Å². The number of ether oxygens (including phenoxy) is 1. The summed E-state index contributed by atoms with van der Waals surface area (Å²) in [5.41, 5.74) is 10.5. The summed E-state index contributed by atoms with van der Waals surface area (Å²) in [6.45, 7) is 15.9. The van der Waals surface area contributed by atoms with E-state index < -0.39 is 8.07 Å². The van der Waals surface area contributed by atoms with Crippen LogP contribution in [0.1, 0.15) is 145 Å². The summed E-state index contributed by atoms with van der Waals surface area (Å²) in [7, 11) is -3.21. The molecule has 3 aliphatic rings. The Labute approximate surface area is 502 Å². The zero-order chi connectivity index (χ0) is 58.1. The van der Waals surface area contributed by atoms with Gasteiger partial charge in [0.05, 0.1) is 5.48 Å². The topological polar surface area (TPSA) is 33.5 Å². The van der Waals surface area contributed by atoms with Crippen molar-refractivity contribution in [3.63, 3.8) is 0 Å². The van der Waals surface area contributed by atoms with Crippen molar-refractivity contribution in [2.24, 2.45) is 0 Å². The molecule has 0 spiro atoms. The number of aromatic nitrogens is 2. The maximum Gasteiger partial charge on any atom is 0.155 e. The fourth-order valence-electron chi connectivity index (χ4n) is 13.4. The molecule has 3 heterocycles. The molecule has 2 aliphatic carbocycles. The molecule has 81 heavy (non-hydrogen) atoms. The molecule has 0 N–H and O–H groups in total. The van der Waals surface area contributed by atoms with Gasteiger partial charge in [-0.15, -0.1) is 53.3 Å². The van der Waals surface area contributed by atoms with Crippen molar-refractivity contribution in [3.05, 3.63) is 235 Å². The van der Waals surface area contributed by atoms with Gasteiger partial charge in [-0.25, -0.2) is 4.98 Å². The molecule has 0 bridgehead atoms. The van der Waals surface area contributed by atoms with Crippen molar-refractivity contribution in [1.82, 2.24) is 9.55 Å². The summed E-state index contributed by atoms with van der Waals surface area (Å²) in [4.78, 5) is 9.76. The Kier molecular flexibility index (Phi) is 13.8. The van der Waals surface area contributed by atoms with Crippen LogP contribution in [-0.4, -0.2) is 17.6 Å². The first-order valence-corrected chi connectivity index (χ1v) is 31.2. The number of para-hydroxylation sites is 3. The van der Waals surface area contributed by atoms with Crippen LogP contribution in [0.3, 0.4) is 0 Å². The number of fused-ring (bicyclic) bond motifs is 4. The Hall–Kier alpha value is -6.98. The van der Waals surface area contributed by atoms with Crippen LogP contribution in [0.15, 0.2) is 194 Å². The van der Waals surface area contributed by atoms with Crippen LogP contribution in [0.25, 0.3) is 27.6 Å². The van der Waals surface area contributed by atoms with Gasteiger partial charge >= 0.3 is 0 Å². The van der Waals surface area contributed by atoms with E-state index in [9.17, 15) is 2.74 Å². The van der Waals surface area contributed by atoms with Crippen molar-refractivity contribution in [2.75, 3.05) is 9.80 Å². The number of pyridine rings is 1. The second-order valence-electron chi connectivity index (χ2n) is 24.6. The maximum atomic E-state index is 9.34. The van der Waals surface area contributed by atoms with E-state index in [4.69, 9.17) is 12.5 Å². The smallest absolute Gasteiger partial charge is 0.155 e. The summed E-state index contributed by atoms with van der Waals surface area (Å²) < 4.78 is 45.4. The molecule has 8 aromatic carbocycles. The van der Waals surface area contributed by atoms with E-state index in [1.165, 1.54) is 102 Å². The van der Waals surface area contributed by atoms with Crippen LogP contribution in [0, 0.1) is 18.8 Å². The third-order valence-corrected chi connectivity index (χ3v) is 22.2. The molecule has 13 rings (SSSR count). The third kappa shape index (κ3) is 10.2. The minimum absolute atomic E-state index is 0. The van der Waals surface area contributed by atoms with Gasteiger partial charge in [0.1, 0.15) is 5.82 Å². The normalized spacial score (nSPS) is 16.2. The standard InChI is InChI=1S/C74H73N4OSi.Pt/c1-73(2,3)54-42-43-75-71(46-54)78-67-37-23-22-36-63(67)64-41-40-57(50-70(64)78)79-58-47-56(48-62(49-58)80(59-30-16-9-17-31-59,60-32-18-10-19-33-60)61-34-20-11-21-35-61)76-51-77(69-39-25-24-38-68(69)76)72-65(52-26-12-7-13-27-52)44-55(74(4,5)6)45-66(72)53-28-14-8-15-29-53;/h9-11,16-25,30-46,48-49,51-53H,7-8,12-15,26-29H2,1-6H3;/q-3;/i22D,23D,36D,37D;. The first kappa shape index (κ1) is 49.8. The third-order valence-electron chi connectivity index (χ3n) is 17.5. The van der Waals surface area contributed by atoms with Crippen LogP contribution in [0.4, 0.5) is 22.7 Å². The van der Waals surface area contributed by atoms with E-state index in [-0.39, 0.29) is 56.1 Å². The Balaban J connectivity index is 0.00000709. The molecule has 7 heteroatoms. The summed E-state index contributed by atoms with van der Waals surface area (Å²) in [6.07, 6.45) is 14.1. The molecule has 0 atom stereocenters. The molecular weight excluding hydrogens is 1180 g/mol. The van der Waals surface area contributed by atoms with Crippen LogP contribution >= 0.6 is 0 Å². The molecule has 2 saturated carbocycles. The van der Waals surface area contributed by atoms with Gasteiger partial charge in [-0.05, 0) is 122 Å². The number of nitrogens with zero attached hydrogens (tertiary/aromatic N) is 4. The number of hydrogen-bond donors (Lipinski definition) is 0. The molecule has 5 nitrogen and oxygen atoms in total. The fourth-order valence-corrected chi connectivity index (χ4v) is 18.1. The Morgan fingerprint density at radius 2 is 1.09 bits per heavy atom. The minimum Gasteiger partial charge on any atom is -0.509 e. The van der Waals surface area contributed by atoms with Crippen LogP contribution < -0.4 is 35.3 Å². The van der Waals surface area contributed by atoms with E-state index in [0.29, 0.717) is 51.0 Å². The number of rotatable bonds is 11. The molecule has 1 aliphatic heterocycles. The van der Waals surface area contributed by atoms with Crippen LogP contribution in [-0.2, 0) is 31.9 Å². The van der Waals surface area contributed by atoms with Gasteiger partial charge in [-0.2, -0.15) is 6.07 Å². The SMILES string of the molecule is [2H]c1c([2H])c([2H])c2c(c1[2H])c1ccc(Oc3[c-]c(N4[CH-]N(c5c(C6CCCCC6)cc(C(C)(C)C)cc5C5CCCCC5)c5ccccc54)cc([Si](c4ccccc4)(c4ccccc4)c4ccccc4)c3)[c-]c1n2-c1cc(C(C)(C)C)ccn1.[Pt]. The molecule has 0 saturated heterocycles. The van der Waals surface area contributed by atoms with Crippen LogP contribution in [0.5, 0.6) is 11.5 Å². The number of hydrogen-bond acceptors (Lipinski definition) is 4. The van der Waals surface area contributed by atoms with E-state index in [1.54, 1.807) is 6.20 Å². The first-order valence-electron chi connectivity index (χ1n) is 31.2. The van der Waals surface area contributed by atoms with E-state index in [0.717, 1.165) is 27.8 Å². The molecule has 0 radical (unpaired) electrons. The summed E-state index contributed by atoms with van der Waals surface area (Å²) >= 11 is 0. The van der Waals surface area contributed by atoms with Crippen molar-refractivity contribution >= 4 is 73.4 Å². The average molecular weight is 1260 g/mol.